The van der Waals surface area contributed by atoms with E-state index in [1.54, 1.807) is 24.5 Å². The predicted octanol–water partition coefficient (Wildman–Crippen LogP) is 3.37. The van der Waals surface area contributed by atoms with Crippen molar-refractivity contribution in [2.24, 2.45) is 4.99 Å². The molecule has 9 heteroatoms. The first-order chi connectivity index (χ1) is 12.9. The van der Waals surface area contributed by atoms with Gasteiger partial charge in [-0.25, -0.2) is 4.98 Å². The number of piperazine rings is 1. The summed E-state index contributed by atoms with van der Waals surface area (Å²) < 4.78 is 38.8. The number of aromatic nitrogens is 1. The number of benzene rings is 1. The minimum Gasteiger partial charge on any atom is -0.368 e. The van der Waals surface area contributed by atoms with Crippen molar-refractivity contribution in [2.75, 3.05) is 38.1 Å². The van der Waals surface area contributed by atoms with E-state index in [2.05, 4.69) is 20.2 Å². The molecular formula is C18H22F3N5S. The van der Waals surface area contributed by atoms with Gasteiger partial charge in [0, 0.05) is 43.8 Å². The molecule has 0 bridgehead atoms. The van der Waals surface area contributed by atoms with Crippen molar-refractivity contribution in [1.29, 1.82) is 0 Å². The molecule has 2 heterocycles. The van der Waals surface area contributed by atoms with Crippen LogP contribution in [0.1, 0.15) is 16.1 Å². The Morgan fingerprint density at radius 1 is 1.26 bits per heavy atom. The Morgan fingerprint density at radius 3 is 2.59 bits per heavy atom. The number of hydrogen-bond acceptors (Lipinski definition) is 4. The van der Waals surface area contributed by atoms with Crippen LogP contribution in [-0.4, -0.2) is 49.1 Å². The monoisotopic (exact) mass is 397 g/mol. The Hall–Kier alpha value is -2.29. The third-order valence-electron chi connectivity index (χ3n) is 4.58. The fourth-order valence-electron chi connectivity index (χ4n) is 3.04. The maximum Gasteiger partial charge on any atom is 0.416 e. The van der Waals surface area contributed by atoms with Gasteiger partial charge in [0.25, 0.3) is 0 Å². The number of thiazole rings is 1. The van der Waals surface area contributed by atoms with Crippen LogP contribution in [0.4, 0.5) is 18.9 Å². The van der Waals surface area contributed by atoms with Gasteiger partial charge in [0.2, 0.25) is 0 Å². The van der Waals surface area contributed by atoms with Gasteiger partial charge < -0.3 is 15.1 Å². The van der Waals surface area contributed by atoms with Crippen molar-refractivity contribution in [3.63, 3.8) is 0 Å². The summed E-state index contributed by atoms with van der Waals surface area (Å²) in [5.74, 6) is 0.798. The van der Waals surface area contributed by atoms with Gasteiger partial charge in [-0.3, -0.25) is 4.99 Å². The van der Waals surface area contributed by atoms with Crippen LogP contribution < -0.4 is 10.2 Å². The van der Waals surface area contributed by atoms with Crippen molar-refractivity contribution in [3.8, 4) is 0 Å². The minimum absolute atomic E-state index is 0.604. The Balaban J connectivity index is 1.58. The first kappa shape index (κ1) is 19.5. The molecule has 0 unspecified atom stereocenters. The van der Waals surface area contributed by atoms with Crippen LogP contribution in [0.2, 0.25) is 0 Å². The number of aliphatic imine (C=N–C) groups is 1. The maximum atomic E-state index is 12.9. The fourth-order valence-corrected chi connectivity index (χ4v) is 3.76. The van der Waals surface area contributed by atoms with Crippen LogP contribution >= 0.6 is 11.3 Å². The molecule has 0 atom stereocenters. The number of alkyl halides is 3. The van der Waals surface area contributed by atoms with Gasteiger partial charge in [-0.15, -0.1) is 11.3 Å². The zero-order valence-corrected chi connectivity index (χ0v) is 16.1. The number of nitrogens with zero attached hydrogens (tertiary/aromatic N) is 4. The first-order valence-electron chi connectivity index (χ1n) is 8.65. The second-order valence-corrected chi connectivity index (χ2v) is 7.22. The molecule has 1 aromatic carbocycles. The smallest absolute Gasteiger partial charge is 0.368 e. The Morgan fingerprint density at radius 2 is 2.00 bits per heavy atom. The lowest BCUT2D eigenvalue weighted by atomic mass is 10.1. The van der Waals surface area contributed by atoms with E-state index in [-0.39, 0.29) is 0 Å². The average molecular weight is 397 g/mol. The molecule has 0 amide bonds. The van der Waals surface area contributed by atoms with E-state index < -0.39 is 11.7 Å². The van der Waals surface area contributed by atoms with Gasteiger partial charge >= 0.3 is 6.18 Å². The molecule has 1 aliphatic rings. The summed E-state index contributed by atoms with van der Waals surface area (Å²) in [5.41, 5.74) is 2.83. The molecule has 3 rings (SSSR count). The summed E-state index contributed by atoms with van der Waals surface area (Å²) in [6.07, 6.45) is -4.32. The highest BCUT2D eigenvalue weighted by atomic mass is 32.1. The predicted molar refractivity (Wildman–Crippen MR) is 102 cm³/mol. The molecule has 146 valence electrons. The van der Waals surface area contributed by atoms with Crippen LogP contribution in [-0.2, 0) is 12.7 Å². The van der Waals surface area contributed by atoms with Gasteiger partial charge in [-0.05, 0) is 25.1 Å². The largest absolute Gasteiger partial charge is 0.416 e. The highest BCUT2D eigenvalue weighted by molar-refractivity contribution is 7.09. The lowest BCUT2D eigenvalue weighted by molar-refractivity contribution is -0.137. The normalized spacial score (nSPS) is 16.0. The maximum absolute atomic E-state index is 12.9. The molecule has 1 aliphatic heterocycles. The Kier molecular flexibility index (Phi) is 5.88. The zero-order valence-electron chi connectivity index (χ0n) is 15.3. The summed E-state index contributed by atoms with van der Waals surface area (Å²) in [5, 5.41) is 3.35. The molecule has 1 aromatic heterocycles. The summed E-state index contributed by atoms with van der Waals surface area (Å²) >= 11 is 1.60. The second kappa shape index (κ2) is 8.16. The van der Waals surface area contributed by atoms with Gasteiger partial charge in [0.1, 0.15) is 0 Å². The van der Waals surface area contributed by atoms with Gasteiger partial charge in [-0.2, -0.15) is 13.2 Å². The van der Waals surface area contributed by atoms with E-state index in [1.165, 1.54) is 17.0 Å². The molecule has 1 N–H and O–H groups in total. The topological polar surface area (TPSA) is 43.8 Å². The molecular weight excluding hydrogens is 375 g/mol. The van der Waals surface area contributed by atoms with Crippen molar-refractivity contribution in [2.45, 2.75) is 19.6 Å². The molecule has 1 saturated heterocycles. The van der Waals surface area contributed by atoms with Crippen LogP contribution in [0.5, 0.6) is 0 Å². The molecule has 0 saturated carbocycles. The van der Waals surface area contributed by atoms with Crippen molar-refractivity contribution < 1.29 is 13.2 Å². The zero-order chi connectivity index (χ0) is 19.4. The lowest BCUT2D eigenvalue weighted by Gasteiger charge is -2.37. The first-order valence-corrected chi connectivity index (χ1v) is 9.53. The van der Waals surface area contributed by atoms with Crippen molar-refractivity contribution >= 4 is 23.0 Å². The van der Waals surface area contributed by atoms with E-state index in [9.17, 15) is 13.2 Å². The Labute approximate surface area is 160 Å². The molecule has 5 nitrogen and oxygen atoms in total. The van der Waals surface area contributed by atoms with Crippen LogP contribution in [0.25, 0.3) is 0 Å². The number of guanidine groups is 1. The number of hydrogen-bond donors (Lipinski definition) is 1. The minimum atomic E-state index is -4.32. The number of halogens is 3. The third kappa shape index (κ3) is 4.71. The standard InChI is InChI=1S/C18H22F3N5S/c1-13-16(27-12-24-13)11-23-17(22-2)26-8-6-25(7-9-26)15-5-3-4-14(10-15)18(19,20)21/h3-5,10,12H,6-9,11H2,1-2H3,(H,22,23). The number of rotatable bonds is 3. The summed E-state index contributed by atoms with van der Waals surface area (Å²) in [6.45, 7) is 5.31. The van der Waals surface area contributed by atoms with Gasteiger partial charge in [0.15, 0.2) is 5.96 Å². The average Bonchev–Trinajstić information content (AvgIpc) is 3.07. The van der Waals surface area contributed by atoms with Crippen LogP contribution in [0, 0.1) is 6.92 Å². The fraction of sp³-hybridized carbons (Fsp3) is 0.444. The lowest BCUT2D eigenvalue weighted by Crippen LogP contribution is -2.52. The quantitative estimate of drug-likeness (QED) is 0.637. The molecule has 0 radical (unpaired) electrons. The highest BCUT2D eigenvalue weighted by Gasteiger charge is 2.31. The SMILES string of the molecule is CN=C(NCc1scnc1C)N1CCN(c2cccc(C(F)(F)F)c2)CC1. The van der Waals surface area contributed by atoms with Crippen molar-refractivity contribution in [1.82, 2.24) is 15.2 Å². The molecule has 2 aromatic rings. The van der Waals surface area contributed by atoms with Crippen molar-refractivity contribution in [3.05, 3.63) is 45.9 Å². The molecule has 27 heavy (non-hydrogen) atoms. The summed E-state index contributed by atoms with van der Waals surface area (Å²) in [7, 11) is 1.74. The van der Waals surface area contributed by atoms with E-state index in [4.69, 9.17) is 0 Å². The van der Waals surface area contributed by atoms with Crippen LogP contribution in [0.3, 0.4) is 0 Å². The van der Waals surface area contributed by atoms with Gasteiger partial charge in [-0.1, -0.05) is 6.07 Å². The summed E-state index contributed by atoms with van der Waals surface area (Å²) in [6, 6.07) is 5.51. The summed E-state index contributed by atoms with van der Waals surface area (Å²) in [4.78, 5) is 13.8. The molecule has 0 spiro atoms. The number of nitrogens with one attached hydrogen (secondary N) is 1. The van der Waals surface area contributed by atoms with E-state index in [0.29, 0.717) is 38.4 Å². The van der Waals surface area contributed by atoms with E-state index in [0.717, 1.165) is 17.7 Å². The third-order valence-corrected chi connectivity index (χ3v) is 5.52. The number of anilines is 1. The highest BCUT2D eigenvalue weighted by Crippen LogP contribution is 2.31. The molecule has 0 aliphatic carbocycles. The Bertz CT molecular complexity index is 794. The van der Waals surface area contributed by atoms with E-state index >= 15 is 0 Å². The van der Waals surface area contributed by atoms with Gasteiger partial charge in [0.05, 0.1) is 23.3 Å². The number of aryl methyl sites for hydroxylation is 1. The molecule has 1 fully saturated rings. The van der Waals surface area contributed by atoms with E-state index in [1.807, 2.05) is 17.3 Å². The second-order valence-electron chi connectivity index (χ2n) is 6.28. The van der Waals surface area contributed by atoms with Crippen LogP contribution in [0.15, 0.2) is 34.8 Å².